The Bertz CT molecular complexity index is 3400. The van der Waals surface area contributed by atoms with Crippen molar-refractivity contribution in [1.29, 1.82) is 0 Å². The fourth-order valence-corrected chi connectivity index (χ4v) is 11.4. The summed E-state index contributed by atoms with van der Waals surface area (Å²) < 4.78 is 2.56. The number of thiophene rings is 1. The Kier molecular flexibility index (Phi) is 8.98. The van der Waals surface area contributed by atoms with Crippen LogP contribution in [-0.2, 0) is 5.41 Å². The third kappa shape index (κ3) is 5.98. The molecule has 296 valence electrons. The van der Waals surface area contributed by atoms with E-state index in [9.17, 15) is 0 Å². The van der Waals surface area contributed by atoms with E-state index in [1.165, 1.54) is 86.9 Å². The molecule has 0 saturated heterocycles. The van der Waals surface area contributed by atoms with E-state index >= 15 is 0 Å². The maximum atomic E-state index is 2.53. The van der Waals surface area contributed by atoms with Crippen molar-refractivity contribution in [3.63, 3.8) is 0 Å². The van der Waals surface area contributed by atoms with Crippen LogP contribution in [0, 0.1) is 0 Å². The number of nitrogens with zero attached hydrogens (tertiary/aromatic N) is 1. The van der Waals surface area contributed by atoms with Crippen LogP contribution >= 0.6 is 11.3 Å². The molecular weight excluding hydrogens is 779 g/mol. The molecule has 0 fully saturated rings. The van der Waals surface area contributed by atoms with Gasteiger partial charge in [-0.2, -0.15) is 0 Å². The maximum absolute atomic E-state index is 2.53. The zero-order valence-corrected chi connectivity index (χ0v) is 35.3. The van der Waals surface area contributed by atoms with Crippen molar-refractivity contribution in [1.82, 2.24) is 0 Å². The van der Waals surface area contributed by atoms with Crippen LogP contribution in [0.15, 0.2) is 249 Å². The Morgan fingerprint density at radius 3 is 1.54 bits per heavy atom. The van der Waals surface area contributed by atoms with Crippen LogP contribution in [-0.4, -0.2) is 0 Å². The van der Waals surface area contributed by atoms with Gasteiger partial charge in [0.1, 0.15) is 0 Å². The molecule has 63 heavy (non-hydrogen) atoms. The molecule has 1 nitrogen and oxygen atoms in total. The first-order chi connectivity index (χ1) is 31.3. The third-order valence-corrected chi connectivity index (χ3v) is 14.1. The van der Waals surface area contributed by atoms with Crippen LogP contribution in [0.25, 0.3) is 64.7 Å². The SMILES string of the molecule is c1ccc(-c2ccccc2-c2c(-c3ccccc3)cccc2N(c2ccc3c(c2)C(c2ccccc2)(c2ccccc2)c2ccccc2-3)c2ccc3c(c2)sc2ccccc23)cc1. The molecule has 1 aliphatic rings. The highest BCUT2D eigenvalue weighted by molar-refractivity contribution is 7.25. The van der Waals surface area contributed by atoms with Gasteiger partial charge in [0.25, 0.3) is 0 Å². The average molecular weight is 820 g/mol. The lowest BCUT2D eigenvalue weighted by Gasteiger charge is -2.35. The number of anilines is 3. The summed E-state index contributed by atoms with van der Waals surface area (Å²) in [6, 6.07) is 91.7. The van der Waals surface area contributed by atoms with E-state index in [2.05, 4.69) is 254 Å². The summed E-state index contributed by atoms with van der Waals surface area (Å²) in [5.41, 5.74) is 17.5. The van der Waals surface area contributed by atoms with Gasteiger partial charge >= 0.3 is 0 Å². The second-order valence-corrected chi connectivity index (χ2v) is 17.4. The largest absolute Gasteiger partial charge is 0.310 e. The molecule has 2 heteroatoms. The minimum absolute atomic E-state index is 0.541. The van der Waals surface area contributed by atoms with Crippen molar-refractivity contribution in [3.05, 3.63) is 271 Å². The summed E-state index contributed by atoms with van der Waals surface area (Å²) in [6.45, 7) is 0. The molecule has 1 heterocycles. The summed E-state index contributed by atoms with van der Waals surface area (Å²) in [6.07, 6.45) is 0. The summed E-state index contributed by atoms with van der Waals surface area (Å²) in [5.74, 6) is 0. The maximum Gasteiger partial charge on any atom is 0.0714 e. The highest BCUT2D eigenvalue weighted by Gasteiger charge is 2.46. The molecule has 12 rings (SSSR count). The molecule has 0 atom stereocenters. The Balaban J connectivity index is 1.19. The lowest BCUT2D eigenvalue weighted by molar-refractivity contribution is 0.768. The lowest BCUT2D eigenvalue weighted by Crippen LogP contribution is -2.28. The van der Waals surface area contributed by atoms with Crippen molar-refractivity contribution >= 4 is 48.6 Å². The molecule has 0 N–H and O–H groups in total. The minimum atomic E-state index is -0.541. The van der Waals surface area contributed by atoms with Crippen LogP contribution in [0.1, 0.15) is 22.3 Å². The summed E-state index contributed by atoms with van der Waals surface area (Å²) in [5, 5.41) is 2.58. The van der Waals surface area contributed by atoms with Gasteiger partial charge in [-0.05, 0) is 97.6 Å². The molecule has 1 aromatic heterocycles. The highest BCUT2D eigenvalue weighted by Crippen LogP contribution is 2.58. The predicted molar refractivity (Wildman–Crippen MR) is 268 cm³/mol. The van der Waals surface area contributed by atoms with Crippen molar-refractivity contribution in [2.24, 2.45) is 0 Å². The monoisotopic (exact) mass is 819 g/mol. The van der Waals surface area contributed by atoms with E-state index in [-0.39, 0.29) is 0 Å². The summed E-state index contributed by atoms with van der Waals surface area (Å²) in [7, 11) is 0. The van der Waals surface area contributed by atoms with E-state index in [1.54, 1.807) is 0 Å². The zero-order chi connectivity index (χ0) is 41.7. The van der Waals surface area contributed by atoms with Gasteiger partial charge in [-0.15, -0.1) is 11.3 Å². The minimum Gasteiger partial charge on any atom is -0.310 e. The van der Waals surface area contributed by atoms with Crippen LogP contribution in [0.4, 0.5) is 17.1 Å². The van der Waals surface area contributed by atoms with Crippen LogP contribution in [0.2, 0.25) is 0 Å². The number of benzene rings is 10. The molecule has 0 spiro atoms. The second-order valence-electron chi connectivity index (χ2n) is 16.3. The van der Waals surface area contributed by atoms with Crippen LogP contribution in [0.3, 0.4) is 0 Å². The number of rotatable bonds is 8. The molecule has 10 aromatic carbocycles. The van der Waals surface area contributed by atoms with Gasteiger partial charge in [-0.3, -0.25) is 0 Å². The molecule has 0 unspecified atom stereocenters. The first-order valence-electron chi connectivity index (χ1n) is 21.7. The third-order valence-electron chi connectivity index (χ3n) is 13.0. The van der Waals surface area contributed by atoms with Crippen molar-refractivity contribution < 1.29 is 0 Å². The predicted octanol–water partition coefficient (Wildman–Crippen LogP) is 16.9. The summed E-state index contributed by atoms with van der Waals surface area (Å²) >= 11 is 1.86. The highest BCUT2D eigenvalue weighted by atomic mass is 32.1. The van der Waals surface area contributed by atoms with Gasteiger partial charge in [0.2, 0.25) is 0 Å². The number of hydrogen-bond acceptors (Lipinski definition) is 2. The fourth-order valence-electron chi connectivity index (χ4n) is 10.3. The van der Waals surface area contributed by atoms with Gasteiger partial charge in [-0.25, -0.2) is 0 Å². The number of hydrogen-bond donors (Lipinski definition) is 0. The van der Waals surface area contributed by atoms with E-state index in [0.29, 0.717) is 0 Å². The molecule has 0 bridgehead atoms. The molecular formula is C61H41NS. The Morgan fingerprint density at radius 1 is 0.317 bits per heavy atom. The normalized spacial score (nSPS) is 12.6. The first-order valence-corrected chi connectivity index (χ1v) is 22.5. The standard InChI is InChI=1S/C61H41NS/c1-5-20-42(21-6-1)48-28-13-14-31-54(48)60-49(43-22-7-2-8-23-43)32-19-34-57(60)62(47-37-39-53-52-30-16-18-35-58(52)63-59(53)41-47)46-36-38-51-50-29-15-17-33-55(50)61(56(51)40-46,44-24-9-3-10-25-44)45-26-11-4-12-27-45/h1-41H. The Morgan fingerprint density at radius 2 is 0.825 bits per heavy atom. The first kappa shape index (κ1) is 37.0. The smallest absolute Gasteiger partial charge is 0.0714 e. The van der Waals surface area contributed by atoms with Gasteiger partial charge < -0.3 is 4.90 Å². The van der Waals surface area contributed by atoms with E-state index in [4.69, 9.17) is 0 Å². The second kappa shape index (κ2) is 15.3. The quantitative estimate of drug-likeness (QED) is 0.148. The van der Waals surface area contributed by atoms with Gasteiger partial charge in [0.15, 0.2) is 0 Å². The van der Waals surface area contributed by atoms with Gasteiger partial charge in [0.05, 0.1) is 11.1 Å². The van der Waals surface area contributed by atoms with E-state index < -0.39 is 5.41 Å². The fraction of sp³-hybridized carbons (Fsp3) is 0.0164. The Hall–Kier alpha value is -7.78. The Labute approximate surface area is 372 Å². The van der Waals surface area contributed by atoms with Crippen molar-refractivity contribution in [3.8, 4) is 44.5 Å². The van der Waals surface area contributed by atoms with Crippen LogP contribution < -0.4 is 4.90 Å². The molecule has 0 aliphatic heterocycles. The van der Waals surface area contributed by atoms with Gasteiger partial charge in [0, 0.05) is 37.1 Å². The number of fused-ring (bicyclic) bond motifs is 6. The van der Waals surface area contributed by atoms with E-state index in [0.717, 1.165) is 17.1 Å². The topological polar surface area (TPSA) is 3.24 Å². The van der Waals surface area contributed by atoms with E-state index in [1.807, 2.05) is 11.3 Å². The van der Waals surface area contributed by atoms with Crippen molar-refractivity contribution in [2.45, 2.75) is 5.41 Å². The van der Waals surface area contributed by atoms with Gasteiger partial charge in [-0.1, -0.05) is 212 Å². The average Bonchev–Trinajstić information content (AvgIpc) is 3.88. The van der Waals surface area contributed by atoms with Crippen LogP contribution in [0.5, 0.6) is 0 Å². The zero-order valence-electron chi connectivity index (χ0n) is 34.5. The molecule has 11 aromatic rings. The van der Waals surface area contributed by atoms with Crippen molar-refractivity contribution in [2.75, 3.05) is 4.90 Å². The molecule has 0 radical (unpaired) electrons. The molecule has 1 aliphatic carbocycles. The molecule has 0 amide bonds. The molecule has 0 saturated carbocycles. The lowest BCUT2D eigenvalue weighted by atomic mass is 9.67. The summed E-state index contributed by atoms with van der Waals surface area (Å²) in [4.78, 5) is 2.53.